The summed E-state index contributed by atoms with van der Waals surface area (Å²) in [6.45, 7) is 2.89. The first-order chi connectivity index (χ1) is 10.2. The molecular weight excluding hydrogens is 282 g/mol. The number of piperidine rings is 1. The van der Waals surface area contributed by atoms with Crippen LogP contribution in [-0.4, -0.2) is 23.0 Å². The summed E-state index contributed by atoms with van der Waals surface area (Å²) in [5.41, 5.74) is 1.45. The molecule has 2 heterocycles. The van der Waals surface area contributed by atoms with Crippen LogP contribution in [0.15, 0.2) is 35.8 Å². The number of benzene rings is 1. The fourth-order valence-electron chi connectivity index (χ4n) is 2.58. The van der Waals surface area contributed by atoms with Crippen molar-refractivity contribution in [3.63, 3.8) is 0 Å². The number of carbonyl (C=O) groups excluding carboxylic acids is 1. The SMILES string of the molecule is CC1(C(=O)Nc2ccc(-c3nccs3)cc2)CCCCN1. The number of nitrogens with zero attached hydrogens (tertiary/aromatic N) is 1. The van der Waals surface area contributed by atoms with Gasteiger partial charge in [0.1, 0.15) is 5.01 Å². The van der Waals surface area contributed by atoms with Gasteiger partial charge < -0.3 is 10.6 Å². The number of nitrogens with one attached hydrogen (secondary N) is 2. The minimum Gasteiger partial charge on any atom is -0.324 e. The van der Waals surface area contributed by atoms with E-state index < -0.39 is 5.54 Å². The maximum absolute atomic E-state index is 12.4. The highest BCUT2D eigenvalue weighted by Gasteiger charge is 2.34. The summed E-state index contributed by atoms with van der Waals surface area (Å²) in [7, 11) is 0. The number of aromatic nitrogens is 1. The van der Waals surface area contributed by atoms with Crippen LogP contribution in [0.5, 0.6) is 0 Å². The summed E-state index contributed by atoms with van der Waals surface area (Å²) >= 11 is 1.61. The molecular formula is C16H19N3OS. The number of carbonyl (C=O) groups is 1. The Kier molecular flexibility index (Phi) is 4.03. The van der Waals surface area contributed by atoms with Gasteiger partial charge in [0, 0.05) is 22.8 Å². The van der Waals surface area contributed by atoms with Crippen LogP contribution in [0.4, 0.5) is 5.69 Å². The van der Waals surface area contributed by atoms with E-state index in [2.05, 4.69) is 15.6 Å². The number of rotatable bonds is 3. The van der Waals surface area contributed by atoms with Crippen LogP contribution in [0.25, 0.3) is 10.6 Å². The number of hydrogen-bond donors (Lipinski definition) is 2. The summed E-state index contributed by atoms with van der Waals surface area (Å²) in [5, 5.41) is 9.29. The molecule has 2 aromatic rings. The molecule has 1 aromatic carbocycles. The zero-order valence-corrected chi connectivity index (χ0v) is 12.9. The number of anilines is 1. The van der Waals surface area contributed by atoms with E-state index in [0.29, 0.717) is 0 Å². The van der Waals surface area contributed by atoms with Crippen LogP contribution in [0.1, 0.15) is 26.2 Å². The molecule has 0 aliphatic carbocycles. The van der Waals surface area contributed by atoms with Gasteiger partial charge in [-0.1, -0.05) is 0 Å². The summed E-state index contributed by atoms with van der Waals surface area (Å²) < 4.78 is 0. The van der Waals surface area contributed by atoms with Crippen molar-refractivity contribution in [2.24, 2.45) is 0 Å². The Bertz CT molecular complexity index is 601. The van der Waals surface area contributed by atoms with Crippen molar-refractivity contribution in [3.05, 3.63) is 35.8 Å². The Morgan fingerprint density at radius 2 is 2.14 bits per heavy atom. The average molecular weight is 301 g/mol. The van der Waals surface area contributed by atoms with Crippen LogP contribution in [-0.2, 0) is 4.79 Å². The van der Waals surface area contributed by atoms with Crippen LogP contribution in [0.3, 0.4) is 0 Å². The predicted molar refractivity (Wildman–Crippen MR) is 86.4 cm³/mol. The van der Waals surface area contributed by atoms with Gasteiger partial charge in [0.25, 0.3) is 0 Å². The first-order valence-corrected chi connectivity index (χ1v) is 8.12. The predicted octanol–water partition coefficient (Wildman–Crippen LogP) is 3.28. The van der Waals surface area contributed by atoms with Gasteiger partial charge in [-0.3, -0.25) is 4.79 Å². The molecule has 1 saturated heterocycles. The van der Waals surface area contributed by atoms with Crippen molar-refractivity contribution < 1.29 is 4.79 Å². The molecule has 2 N–H and O–H groups in total. The highest BCUT2D eigenvalue weighted by molar-refractivity contribution is 7.13. The second-order valence-corrected chi connectivity index (χ2v) is 6.48. The molecule has 0 radical (unpaired) electrons. The normalized spacial score (nSPS) is 22.0. The summed E-state index contributed by atoms with van der Waals surface area (Å²) in [6.07, 6.45) is 4.92. The molecule has 1 aliphatic rings. The Balaban J connectivity index is 1.69. The molecule has 1 aliphatic heterocycles. The van der Waals surface area contributed by atoms with Gasteiger partial charge in [0.15, 0.2) is 0 Å². The van der Waals surface area contributed by atoms with Gasteiger partial charge in [-0.15, -0.1) is 11.3 Å². The van der Waals surface area contributed by atoms with Gasteiger partial charge in [0.05, 0.1) is 5.54 Å². The highest BCUT2D eigenvalue weighted by Crippen LogP contribution is 2.25. The lowest BCUT2D eigenvalue weighted by molar-refractivity contribution is -0.122. The van der Waals surface area contributed by atoms with Crippen molar-refractivity contribution in [2.75, 3.05) is 11.9 Å². The quantitative estimate of drug-likeness (QED) is 0.914. The number of hydrogen-bond acceptors (Lipinski definition) is 4. The van der Waals surface area contributed by atoms with E-state index in [9.17, 15) is 4.79 Å². The Hall–Kier alpha value is -1.72. The molecule has 110 valence electrons. The van der Waals surface area contributed by atoms with E-state index in [1.807, 2.05) is 36.6 Å². The van der Waals surface area contributed by atoms with Crippen LogP contribution in [0, 0.1) is 0 Å². The van der Waals surface area contributed by atoms with E-state index in [1.165, 1.54) is 0 Å². The summed E-state index contributed by atoms with van der Waals surface area (Å²) in [6, 6.07) is 7.85. The van der Waals surface area contributed by atoms with Crippen molar-refractivity contribution in [1.29, 1.82) is 0 Å². The Morgan fingerprint density at radius 3 is 2.76 bits per heavy atom. The van der Waals surface area contributed by atoms with Crippen molar-refractivity contribution in [1.82, 2.24) is 10.3 Å². The van der Waals surface area contributed by atoms with Crippen molar-refractivity contribution >= 4 is 22.9 Å². The standard InChI is InChI=1S/C16H19N3OS/c1-16(8-2-3-9-18-16)15(20)19-13-6-4-12(5-7-13)14-17-10-11-21-14/h4-7,10-11,18H,2-3,8-9H2,1H3,(H,19,20). The lowest BCUT2D eigenvalue weighted by atomic mass is 9.90. The minimum atomic E-state index is -0.452. The van der Waals surface area contributed by atoms with Crippen LogP contribution >= 0.6 is 11.3 Å². The summed E-state index contributed by atoms with van der Waals surface area (Å²) in [5.74, 6) is 0.0456. The van der Waals surface area contributed by atoms with E-state index in [4.69, 9.17) is 0 Å². The highest BCUT2D eigenvalue weighted by atomic mass is 32.1. The van der Waals surface area contributed by atoms with Crippen molar-refractivity contribution in [2.45, 2.75) is 31.7 Å². The van der Waals surface area contributed by atoms with Crippen LogP contribution in [0.2, 0.25) is 0 Å². The third-order valence-electron chi connectivity index (χ3n) is 3.94. The van der Waals surface area contributed by atoms with E-state index >= 15 is 0 Å². The zero-order chi connectivity index (χ0) is 14.7. The first-order valence-electron chi connectivity index (χ1n) is 7.24. The molecule has 0 bridgehead atoms. The third kappa shape index (κ3) is 3.14. The van der Waals surface area contributed by atoms with E-state index in [0.717, 1.165) is 42.1 Å². The monoisotopic (exact) mass is 301 g/mol. The smallest absolute Gasteiger partial charge is 0.244 e. The zero-order valence-electron chi connectivity index (χ0n) is 12.1. The Morgan fingerprint density at radius 1 is 1.33 bits per heavy atom. The van der Waals surface area contributed by atoms with Gasteiger partial charge in [-0.05, 0) is 57.0 Å². The van der Waals surface area contributed by atoms with Crippen molar-refractivity contribution in [3.8, 4) is 10.6 Å². The molecule has 3 rings (SSSR count). The third-order valence-corrected chi connectivity index (χ3v) is 4.76. The molecule has 1 aromatic heterocycles. The molecule has 21 heavy (non-hydrogen) atoms. The lowest BCUT2D eigenvalue weighted by Crippen LogP contribution is -2.54. The average Bonchev–Trinajstić information content (AvgIpc) is 3.03. The van der Waals surface area contributed by atoms with Gasteiger partial charge in [0.2, 0.25) is 5.91 Å². The second-order valence-electron chi connectivity index (χ2n) is 5.58. The van der Waals surface area contributed by atoms with Gasteiger partial charge in [-0.2, -0.15) is 0 Å². The number of thiazole rings is 1. The molecule has 0 saturated carbocycles. The molecule has 1 fully saturated rings. The molecule has 1 atom stereocenters. The fourth-order valence-corrected chi connectivity index (χ4v) is 3.23. The van der Waals surface area contributed by atoms with E-state index in [1.54, 1.807) is 17.5 Å². The van der Waals surface area contributed by atoms with Gasteiger partial charge >= 0.3 is 0 Å². The van der Waals surface area contributed by atoms with E-state index in [-0.39, 0.29) is 5.91 Å². The molecule has 1 amide bonds. The fraction of sp³-hybridized carbons (Fsp3) is 0.375. The molecule has 0 spiro atoms. The largest absolute Gasteiger partial charge is 0.324 e. The molecule has 1 unspecified atom stereocenters. The maximum Gasteiger partial charge on any atom is 0.244 e. The summed E-state index contributed by atoms with van der Waals surface area (Å²) in [4.78, 5) is 16.7. The van der Waals surface area contributed by atoms with Gasteiger partial charge in [-0.25, -0.2) is 4.98 Å². The molecule has 4 nitrogen and oxygen atoms in total. The second kappa shape index (κ2) is 5.95. The first kappa shape index (κ1) is 14.2. The Labute approximate surface area is 128 Å². The maximum atomic E-state index is 12.4. The topological polar surface area (TPSA) is 54.0 Å². The molecule has 5 heteroatoms. The number of amides is 1. The lowest BCUT2D eigenvalue weighted by Gasteiger charge is -2.33. The van der Waals surface area contributed by atoms with Crippen LogP contribution < -0.4 is 10.6 Å². The minimum absolute atomic E-state index is 0.0456.